The first kappa shape index (κ1) is 20.5. The summed E-state index contributed by atoms with van der Waals surface area (Å²) in [5, 5.41) is 20.6. The highest BCUT2D eigenvalue weighted by molar-refractivity contribution is 5.76. The number of likely N-dealkylation sites (tertiary alicyclic amines) is 1. The third-order valence-electron chi connectivity index (χ3n) is 5.86. The largest absolute Gasteiger partial charge is 0.481 e. The maximum atomic E-state index is 13.9. The van der Waals surface area contributed by atoms with Crippen LogP contribution in [0.3, 0.4) is 0 Å². The number of nitrogens with zero attached hydrogens (tertiary/aromatic N) is 1. The predicted molar refractivity (Wildman–Crippen MR) is 106 cm³/mol. The Morgan fingerprint density at radius 3 is 2.64 bits per heavy atom. The van der Waals surface area contributed by atoms with Crippen LogP contribution in [-0.4, -0.2) is 40.3 Å². The summed E-state index contributed by atoms with van der Waals surface area (Å²) in [5.41, 5.74) is 1.40. The summed E-state index contributed by atoms with van der Waals surface area (Å²) in [4.78, 5) is 14.2. The third-order valence-corrected chi connectivity index (χ3v) is 5.86. The zero-order chi connectivity index (χ0) is 20.1. The first-order valence-corrected chi connectivity index (χ1v) is 9.83. The van der Waals surface area contributed by atoms with E-state index in [4.69, 9.17) is 0 Å². The van der Waals surface area contributed by atoms with E-state index >= 15 is 0 Å². The van der Waals surface area contributed by atoms with E-state index in [-0.39, 0.29) is 12.4 Å². The predicted octanol–water partition coefficient (Wildman–Crippen LogP) is 3.79. The van der Waals surface area contributed by atoms with Gasteiger partial charge in [-0.3, -0.25) is 9.69 Å². The molecule has 1 aliphatic heterocycles. The van der Waals surface area contributed by atoms with Crippen LogP contribution in [0.25, 0.3) is 0 Å². The molecule has 5 heteroatoms. The SMILES string of the molecule is Cc1ccc(CN2CC[C@@H](O)[C@](CCCc3ccccc3)(C(=O)O)C2)cc1F. The molecule has 0 saturated carbocycles. The van der Waals surface area contributed by atoms with Crippen LogP contribution in [0.5, 0.6) is 0 Å². The van der Waals surface area contributed by atoms with E-state index in [0.29, 0.717) is 37.9 Å². The highest BCUT2D eigenvalue weighted by atomic mass is 19.1. The highest BCUT2D eigenvalue weighted by Crippen LogP contribution is 2.36. The number of aliphatic carboxylic acids is 1. The molecule has 150 valence electrons. The summed E-state index contributed by atoms with van der Waals surface area (Å²) in [6.45, 7) is 3.08. The number of piperidine rings is 1. The second kappa shape index (κ2) is 8.84. The van der Waals surface area contributed by atoms with Gasteiger partial charge in [0.05, 0.1) is 6.10 Å². The zero-order valence-corrected chi connectivity index (χ0v) is 16.3. The number of aryl methyl sites for hydroxylation is 2. The standard InChI is InChI=1S/C23H28FNO3/c1-17-9-10-19(14-20(17)24)15-25-13-11-21(26)23(16-25,22(27)28)12-5-8-18-6-3-2-4-7-18/h2-4,6-7,9-10,14,21,26H,5,8,11-13,15-16H2,1H3,(H,27,28)/t21-,23-/m1/s1. The van der Waals surface area contributed by atoms with Gasteiger partial charge in [-0.2, -0.15) is 0 Å². The molecule has 2 aromatic rings. The Labute approximate surface area is 165 Å². The van der Waals surface area contributed by atoms with E-state index in [1.807, 2.05) is 41.3 Å². The van der Waals surface area contributed by atoms with Gasteiger partial charge in [-0.25, -0.2) is 4.39 Å². The lowest BCUT2D eigenvalue weighted by Gasteiger charge is -2.43. The molecule has 1 saturated heterocycles. The van der Waals surface area contributed by atoms with Gasteiger partial charge in [0, 0.05) is 19.6 Å². The van der Waals surface area contributed by atoms with Gasteiger partial charge in [-0.1, -0.05) is 42.5 Å². The fraction of sp³-hybridized carbons (Fsp3) is 0.435. The van der Waals surface area contributed by atoms with E-state index in [1.165, 1.54) is 11.6 Å². The smallest absolute Gasteiger partial charge is 0.313 e. The van der Waals surface area contributed by atoms with Crippen LogP contribution in [0, 0.1) is 18.2 Å². The first-order chi connectivity index (χ1) is 13.4. The van der Waals surface area contributed by atoms with E-state index in [0.717, 1.165) is 12.0 Å². The number of aliphatic hydroxyl groups excluding tert-OH is 1. The number of carbonyl (C=O) groups is 1. The summed E-state index contributed by atoms with van der Waals surface area (Å²) >= 11 is 0. The summed E-state index contributed by atoms with van der Waals surface area (Å²) in [6, 6.07) is 15.1. The summed E-state index contributed by atoms with van der Waals surface area (Å²) in [6.07, 6.45) is 1.43. The number of hydrogen-bond acceptors (Lipinski definition) is 3. The molecule has 0 spiro atoms. The van der Waals surface area contributed by atoms with E-state index in [2.05, 4.69) is 0 Å². The third kappa shape index (κ3) is 4.59. The number of carboxylic acids is 1. The van der Waals surface area contributed by atoms with Gasteiger partial charge in [0.1, 0.15) is 11.2 Å². The molecule has 1 aliphatic rings. The van der Waals surface area contributed by atoms with Crippen molar-refractivity contribution in [3.05, 3.63) is 71.0 Å². The van der Waals surface area contributed by atoms with Crippen molar-refractivity contribution in [3.8, 4) is 0 Å². The molecule has 3 rings (SSSR count). The highest BCUT2D eigenvalue weighted by Gasteiger charge is 2.48. The minimum atomic E-state index is -1.18. The molecule has 2 aromatic carbocycles. The molecule has 0 aromatic heterocycles. The van der Waals surface area contributed by atoms with Gasteiger partial charge in [0.2, 0.25) is 0 Å². The lowest BCUT2D eigenvalue weighted by atomic mass is 9.73. The molecule has 4 nitrogen and oxygen atoms in total. The number of rotatable bonds is 7. The summed E-state index contributed by atoms with van der Waals surface area (Å²) < 4.78 is 13.9. The lowest BCUT2D eigenvalue weighted by molar-refractivity contribution is -0.164. The van der Waals surface area contributed by atoms with Crippen molar-refractivity contribution in [3.63, 3.8) is 0 Å². The Kier molecular flexibility index (Phi) is 6.47. The van der Waals surface area contributed by atoms with Crippen molar-refractivity contribution >= 4 is 5.97 Å². The summed E-state index contributed by atoms with van der Waals surface area (Å²) in [5.74, 6) is -1.20. The van der Waals surface area contributed by atoms with Crippen molar-refractivity contribution in [2.45, 2.75) is 45.3 Å². The molecule has 0 bridgehead atoms. The van der Waals surface area contributed by atoms with E-state index < -0.39 is 17.5 Å². The van der Waals surface area contributed by atoms with Crippen molar-refractivity contribution < 1.29 is 19.4 Å². The molecular weight excluding hydrogens is 357 g/mol. The Balaban J connectivity index is 1.69. The van der Waals surface area contributed by atoms with Gasteiger partial charge >= 0.3 is 5.97 Å². The zero-order valence-electron chi connectivity index (χ0n) is 16.3. The normalized spacial score (nSPS) is 22.9. The second-order valence-corrected chi connectivity index (χ2v) is 7.90. The van der Waals surface area contributed by atoms with Gasteiger partial charge in [0.25, 0.3) is 0 Å². The molecule has 2 N–H and O–H groups in total. The van der Waals surface area contributed by atoms with Crippen LogP contribution in [-0.2, 0) is 17.8 Å². The lowest BCUT2D eigenvalue weighted by Crippen LogP contribution is -2.55. The van der Waals surface area contributed by atoms with Crippen molar-refractivity contribution in [2.24, 2.45) is 5.41 Å². The monoisotopic (exact) mass is 385 g/mol. The fourth-order valence-corrected chi connectivity index (χ4v) is 4.11. The van der Waals surface area contributed by atoms with E-state index in [1.54, 1.807) is 13.0 Å². The number of hydrogen-bond donors (Lipinski definition) is 2. The van der Waals surface area contributed by atoms with Gasteiger partial charge in [0.15, 0.2) is 0 Å². The van der Waals surface area contributed by atoms with Crippen molar-refractivity contribution in [2.75, 3.05) is 13.1 Å². The molecule has 0 unspecified atom stereocenters. The van der Waals surface area contributed by atoms with E-state index in [9.17, 15) is 19.4 Å². The molecule has 0 amide bonds. The molecule has 1 heterocycles. The Morgan fingerprint density at radius 1 is 1.21 bits per heavy atom. The average molecular weight is 385 g/mol. The average Bonchev–Trinajstić information content (AvgIpc) is 2.68. The van der Waals surface area contributed by atoms with Crippen LogP contribution in [0.1, 0.15) is 36.0 Å². The van der Waals surface area contributed by atoms with Gasteiger partial charge in [-0.15, -0.1) is 0 Å². The fourth-order valence-electron chi connectivity index (χ4n) is 4.11. The number of carboxylic acid groups (broad SMARTS) is 1. The Morgan fingerprint density at radius 2 is 1.96 bits per heavy atom. The number of halogens is 1. The van der Waals surface area contributed by atoms with Crippen molar-refractivity contribution in [1.82, 2.24) is 4.90 Å². The number of benzene rings is 2. The molecule has 0 radical (unpaired) electrons. The second-order valence-electron chi connectivity index (χ2n) is 7.90. The number of aliphatic hydroxyl groups is 1. The molecule has 28 heavy (non-hydrogen) atoms. The van der Waals surface area contributed by atoms with Gasteiger partial charge in [-0.05, 0) is 55.4 Å². The van der Waals surface area contributed by atoms with Gasteiger partial charge < -0.3 is 10.2 Å². The van der Waals surface area contributed by atoms with Crippen LogP contribution in [0.4, 0.5) is 4.39 Å². The molecule has 2 atom stereocenters. The molecular formula is C23H28FNO3. The maximum absolute atomic E-state index is 13.9. The Hall–Kier alpha value is -2.24. The van der Waals surface area contributed by atoms with Crippen LogP contribution < -0.4 is 0 Å². The minimum absolute atomic E-state index is 0.248. The van der Waals surface area contributed by atoms with Crippen LogP contribution in [0.15, 0.2) is 48.5 Å². The maximum Gasteiger partial charge on any atom is 0.313 e. The Bertz CT molecular complexity index is 811. The molecule has 0 aliphatic carbocycles. The summed E-state index contributed by atoms with van der Waals surface area (Å²) in [7, 11) is 0. The topological polar surface area (TPSA) is 60.8 Å². The van der Waals surface area contributed by atoms with Crippen LogP contribution in [0.2, 0.25) is 0 Å². The molecule has 1 fully saturated rings. The minimum Gasteiger partial charge on any atom is -0.481 e. The van der Waals surface area contributed by atoms with Crippen molar-refractivity contribution in [1.29, 1.82) is 0 Å². The van der Waals surface area contributed by atoms with Crippen LogP contribution >= 0.6 is 0 Å². The quantitative estimate of drug-likeness (QED) is 0.761. The first-order valence-electron chi connectivity index (χ1n) is 9.83.